The Bertz CT molecular complexity index is 1750. The standard InChI is InChI=1S/C35H33BO2/c1-33(2)31-10-8-7-9-29(31)30-17-14-23(21-32(30)33)22-13-16-27-24(19-22)11-12-25-20-26(15-18-28(25)27)36-37-34(3,4)35(5,6)38-36/h7-21H,1-6H3. The third-order valence-corrected chi connectivity index (χ3v) is 9.30. The van der Waals surface area contributed by atoms with Gasteiger partial charge in [0.2, 0.25) is 0 Å². The molecule has 1 heterocycles. The van der Waals surface area contributed by atoms with Gasteiger partial charge >= 0.3 is 7.12 Å². The van der Waals surface area contributed by atoms with Gasteiger partial charge in [0.15, 0.2) is 0 Å². The first-order valence-electron chi connectivity index (χ1n) is 13.6. The van der Waals surface area contributed by atoms with Gasteiger partial charge in [-0.2, -0.15) is 0 Å². The third-order valence-electron chi connectivity index (χ3n) is 9.30. The van der Waals surface area contributed by atoms with Crippen LogP contribution in [0.15, 0.2) is 91.0 Å². The van der Waals surface area contributed by atoms with Gasteiger partial charge < -0.3 is 9.31 Å². The first-order chi connectivity index (χ1) is 18.0. The Morgan fingerprint density at radius 2 is 1.11 bits per heavy atom. The molecule has 0 atom stereocenters. The van der Waals surface area contributed by atoms with E-state index in [1.807, 2.05) is 0 Å². The van der Waals surface area contributed by atoms with E-state index in [9.17, 15) is 0 Å². The number of hydrogen-bond acceptors (Lipinski definition) is 2. The van der Waals surface area contributed by atoms with Gasteiger partial charge in [-0.3, -0.25) is 0 Å². The molecule has 1 fully saturated rings. The molecule has 1 saturated heterocycles. The molecule has 1 aliphatic carbocycles. The van der Waals surface area contributed by atoms with Gasteiger partial charge in [-0.15, -0.1) is 0 Å². The van der Waals surface area contributed by atoms with Crippen LogP contribution >= 0.6 is 0 Å². The third kappa shape index (κ3) is 3.35. The van der Waals surface area contributed by atoms with E-state index in [0.717, 1.165) is 5.46 Å². The zero-order valence-electron chi connectivity index (χ0n) is 23.1. The van der Waals surface area contributed by atoms with Gasteiger partial charge in [-0.05, 0) is 100 Å². The largest absolute Gasteiger partial charge is 0.494 e. The topological polar surface area (TPSA) is 18.5 Å². The Morgan fingerprint density at radius 3 is 1.84 bits per heavy atom. The van der Waals surface area contributed by atoms with Crippen molar-refractivity contribution in [3.05, 3.63) is 102 Å². The predicted molar refractivity (Wildman–Crippen MR) is 160 cm³/mol. The molecule has 2 aliphatic rings. The van der Waals surface area contributed by atoms with Crippen molar-refractivity contribution in [1.29, 1.82) is 0 Å². The van der Waals surface area contributed by atoms with Crippen LogP contribution < -0.4 is 5.46 Å². The molecular formula is C35H33BO2. The highest BCUT2D eigenvalue weighted by molar-refractivity contribution is 6.62. The fourth-order valence-corrected chi connectivity index (χ4v) is 6.28. The van der Waals surface area contributed by atoms with Crippen LogP contribution in [0.5, 0.6) is 0 Å². The molecule has 188 valence electrons. The summed E-state index contributed by atoms with van der Waals surface area (Å²) in [5.41, 5.74) is 8.44. The van der Waals surface area contributed by atoms with E-state index < -0.39 is 0 Å². The van der Waals surface area contributed by atoms with E-state index in [1.165, 1.54) is 54.9 Å². The predicted octanol–water partition coefficient (Wildman–Crippen LogP) is 8.27. The molecule has 0 N–H and O–H groups in total. The summed E-state index contributed by atoms with van der Waals surface area (Å²) in [6, 6.07) is 33.7. The van der Waals surface area contributed by atoms with Gasteiger partial charge in [0.25, 0.3) is 0 Å². The van der Waals surface area contributed by atoms with E-state index in [4.69, 9.17) is 9.31 Å². The van der Waals surface area contributed by atoms with Crippen molar-refractivity contribution in [1.82, 2.24) is 0 Å². The summed E-state index contributed by atoms with van der Waals surface area (Å²) in [5.74, 6) is 0. The summed E-state index contributed by atoms with van der Waals surface area (Å²) in [4.78, 5) is 0. The molecule has 1 aliphatic heterocycles. The minimum absolute atomic E-state index is 0.00384. The molecule has 0 aromatic heterocycles. The summed E-state index contributed by atoms with van der Waals surface area (Å²) in [6.07, 6.45) is 0. The lowest BCUT2D eigenvalue weighted by atomic mass is 9.78. The maximum Gasteiger partial charge on any atom is 0.494 e. The summed E-state index contributed by atoms with van der Waals surface area (Å²) >= 11 is 0. The van der Waals surface area contributed by atoms with Crippen molar-refractivity contribution in [3.63, 3.8) is 0 Å². The smallest absolute Gasteiger partial charge is 0.399 e. The second-order valence-electron chi connectivity index (χ2n) is 12.5. The number of hydrogen-bond donors (Lipinski definition) is 0. The SMILES string of the molecule is CC1(C)c2ccccc2-c2ccc(-c3ccc4c(ccc5cc(B6OC(C)(C)C(C)(C)O6)ccc54)c3)cc21. The molecule has 2 nitrogen and oxygen atoms in total. The number of benzene rings is 5. The normalized spacial score (nSPS) is 18.6. The van der Waals surface area contributed by atoms with Crippen molar-refractivity contribution < 1.29 is 9.31 Å². The molecule has 7 rings (SSSR count). The maximum atomic E-state index is 6.30. The highest BCUT2D eigenvalue weighted by atomic mass is 16.7. The van der Waals surface area contributed by atoms with Gasteiger partial charge in [0.05, 0.1) is 11.2 Å². The van der Waals surface area contributed by atoms with Gasteiger partial charge in [-0.25, -0.2) is 0 Å². The lowest BCUT2D eigenvalue weighted by Crippen LogP contribution is -2.41. The van der Waals surface area contributed by atoms with Crippen LogP contribution in [0.3, 0.4) is 0 Å². The summed E-state index contributed by atoms with van der Waals surface area (Å²) < 4.78 is 12.6. The molecule has 0 radical (unpaired) electrons. The minimum atomic E-state index is -0.349. The molecule has 3 heteroatoms. The quantitative estimate of drug-likeness (QED) is 0.181. The molecule has 0 amide bonds. The second kappa shape index (κ2) is 7.82. The summed E-state index contributed by atoms with van der Waals surface area (Å²) in [5, 5.41) is 4.97. The van der Waals surface area contributed by atoms with Crippen molar-refractivity contribution >= 4 is 34.1 Å². The first-order valence-corrected chi connectivity index (χ1v) is 13.6. The molecule has 0 saturated carbocycles. The molecule has 0 spiro atoms. The maximum absolute atomic E-state index is 6.30. The Morgan fingerprint density at radius 1 is 0.526 bits per heavy atom. The van der Waals surface area contributed by atoms with E-state index in [0.29, 0.717) is 0 Å². The highest BCUT2D eigenvalue weighted by Crippen LogP contribution is 2.49. The Labute approximate surface area is 225 Å². The summed E-state index contributed by atoms with van der Waals surface area (Å²) in [7, 11) is -0.349. The highest BCUT2D eigenvalue weighted by Gasteiger charge is 2.51. The molecule has 38 heavy (non-hydrogen) atoms. The number of rotatable bonds is 2. The van der Waals surface area contributed by atoms with Gasteiger partial charge in [0.1, 0.15) is 0 Å². The van der Waals surface area contributed by atoms with Crippen molar-refractivity contribution in [2.75, 3.05) is 0 Å². The van der Waals surface area contributed by atoms with Crippen LogP contribution in [0.1, 0.15) is 52.7 Å². The van der Waals surface area contributed by atoms with E-state index in [2.05, 4.69) is 133 Å². The zero-order valence-corrected chi connectivity index (χ0v) is 23.1. The van der Waals surface area contributed by atoms with E-state index >= 15 is 0 Å². The van der Waals surface area contributed by atoms with Gasteiger partial charge in [0, 0.05) is 5.41 Å². The number of fused-ring (bicyclic) bond motifs is 6. The van der Waals surface area contributed by atoms with Crippen LogP contribution in [0.4, 0.5) is 0 Å². The fraction of sp³-hybridized carbons (Fsp3) is 0.257. The molecule has 0 bridgehead atoms. The lowest BCUT2D eigenvalue weighted by Gasteiger charge is -2.32. The fourth-order valence-electron chi connectivity index (χ4n) is 6.28. The Balaban J connectivity index is 1.26. The van der Waals surface area contributed by atoms with Crippen LogP contribution in [0.25, 0.3) is 43.8 Å². The lowest BCUT2D eigenvalue weighted by molar-refractivity contribution is 0.00578. The van der Waals surface area contributed by atoms with Crippen molar-refractivity contribution in [2.45, 2.75) is 58.2 Å². The van der Waals surface area contributed by atoms with E-state index in [-0.39, 0.29) is 23.7 Å². The van der Waals surface area contributed by atoms with Crippen LogP contribution in [0.2, 0.25) is 0 Å². The minimum Gasteiger partial charge on any atom is -0.399 e. The second-order valence-corrected chi connectivity index (χ2v) is 12.5. The summed E-state index contributed by atoms with van der Waals surface area (Å²) in [6.45, 7) is 13.1. The first kappa shape index (κ1) is 23.7. The Hall–Kier alpha value is -3.40. The van der Waals surface area contributed by atoms with Crippen molar-refractivity contribution in [3.8, 4) is 22.3 Å². The Kier molecular flexibility index (Phi) is 4.88. The molecule has 5 aromatic rings. The molecule has 5 aromatic carbocycles. The monoisotopic (exact) mass is 496 g/mol. The van der Waals surface area contributed by atoms with E-state index in [1.54, 1.807) is 0 Å². The molecule has 0 unspecified atom stereocenters. The van der Waals surface area contributed by atoms with Crippen LogP contribution in [-0.2, 0) is 14.7 Å². The van der Waals surface area contributed by atoms with Crippen LogP contribution in [0, 0.1) is 0 Å². The van der Waals surface area contributed by atoms with Crippen molar-refractivity contribution in [2.24, 2.45) is 0 Å². The molecular weight excluding hydrogens is 463 g/mol. The zero-order chi connectivity index (χ0) is 26.4. The average molecular weight is 496 g/mol. The average Bonchev–Trinajstić information content (AvgIpc) is 3.27. The van der Waals surface area contributed by atoms with Gasteiger partial charge in [-0.1, -0.05) is 92.7 Å². The van der Waals surface area contributed by atoms with Crippen LogP contribution in [-0.4, -0.2) is 18.3 Å².